The van der Waals surface area contributed by atoms with Crippen LogP contribution in [0.3, 0.4) is 0 Å². The molecule has 1 aliphatic rings. The van der Waals surface area contributed by atoms with E-state index in [9.17, 15) is 9.18 Å². The summed E-state index contributed by atoms with van der Waals surface area (Å²) in [5.74, 6) is 0.284. The largest absolute Gasteiger partial charge is 0.316 e. The Labute approximate surface area is 107 Å². The summed E-state index contributed by atoms with van der Waals surface area (Å²) in [6.45, 7) is 4.48. The fraction of sp³-hybridized carbons (Fsp3) is 0.500. The van der Waals surface area contributed by atoms with E-state index in [2.05, 4.69) is 5.32 Å². The van der Waals surface area contributed by atoms with Crippen LogP contribution in [-0.4, -0.2) is 25.5 Å². The van der Waals surface area contributed by atoms with E-state index in [-0.39, 0.29) is 11.7 Å². The van der Waals surface area contributed by atoms with E-state index < -0.39 is 0 Å². The number of carbonyl (C=O) groups is 1. The highest BCUT2D eigenvalue weighted by Gasteiger charge is 2.21. The van der Waals surface area contributed by atoms with Crippen LogP contribution in [0.2, 0.25) is 0 Å². The van der Waals surface area contributed by atoms with Gasteiger partial charge in [0, 0.05) is 18.7 Å². The van der Waals surface area contributed by atoms with Crippen LogP contribution in [0.25, 0.3) is 0 Å². The molecule has 1 aromatic carbocycles. The number of carbonyl (C=O) groups excluding carboxylic acids is 1. The predicted octanol–water partition coefficient (Wildman–Crippen LogP) is 2.18. The average molecular weight is 250 g/mol. The lowest BCUT2D eigenvalue weighted by atomic mass is 10.0. The third kappa shape index (κ3) is 3.07. The summed E-state index contributed by atoms with van der Waals surface area (Å²) in [6, 6.07) is 6.10. The lowest BCUT2D eigenvalue weighted by Crippen LogP contribution is -2.32. The molecule has 1 unspecified atom stereocenters. The maximum atomic E-state index is 12.9. The first-order valence-corrected chi connectivity index (χ1v) is 6.47. The molecular weight excluding hydrogens is 231 g/mol. The van der Waals surface area contributed by atoms with Gasteiger partial charge in [-0.3, -0.25) is 4.79 Å². The van der Waals surface area contributed by atoms with Gasteiger partial charge < -0.3 is 10.2 Å². The highest BCUT2D eigenvalue weighted by molar-refractivity contribution is 5.93. The predicted molar refractivity (Wildman–Crippen MR) is 70.0 cm³/mol. The van der Waals surface area contributed by atoms with E-state index in [1.807, 2.05) is 6.92 Å². The fourth-order valence-corrected chi connectivity index (χ4v) is 2.37. The molecule has 0 bridgehead atoms. The van der Waals surface area contributed by atoms with Crippen molar-refractivity contribution in [3.05, 3.63) is 30.1 Å². The molecule has 1 amide bonds. The van der Waals surface area contributed by atoms with Crippen molar-refractivity contribution in [2.45, 2.75) is 19.8 Å². The lowest BCUT2D eigenvalue weighted by Gasteiger charge is -2.22. The number of rotatable bonds is 4. The average Bonchev–Trinajstić information content (AvgIpc) is 2.85. The number of nitrogens with zero attached hydrogens (tertiary/aromatic N) is 1. The normalized spacial score (nSPS) is 18.9. The molecule has 0 radical (unpaired) electrons. The Morgan fingerprint density at radius 3 is 2.72 bits per heavy atom. The third-order valence-electron chi connectivity index (χ3n) is 3.38. The molecule has 1 atom stereocenters. The molecule has 0 aliphatic carbocycles. The van der Waals surface area contributed by atoms with Crippen LogP contribution in [0.5, 0.6) is 0 Å². The maximum absolute atomic E-state index is 12.9. The van der Waals surface area contributed by atoms with Gasteiger partial charge in [0.15, 0.2) is 0 Å². The van der Waals surface area contributed by atoms with Gasteiger partial charge in [-0.1, -0.05) is 0 Å². The molecule has 1 saturated heterocycles. The minimum absolute atomic E-state index is 0.123. The zero-order valence-corrected chi connectivity index (χ0v) is 10.7. The highest BCUT2D eigenvalue weighted by atomic mass is 19.1. The van der Waals surface area contributed by atoms with Crippen LogP contribution >= 0.6 is 0 Å². The Morgan fingerprint density at radius 1 is 1.44 bits per heavy atom. The number of anilines is 1. The zero-order chi connectivity index (χ0) is 13.0. The molecule has 2 rings (SSSR count). The van der Waals surface area contributed by atoms with Gasteiger partial charge in [0.1, 0.15) is 5.82 Å². The number of hydrogen-bond acceptors (Lipinski definition) is 2. The summed E-state index contributed by atoms with van der Waals surface area (Å²) >= 11 is 0. The maximum Gasteiger partial charge on any atom is 0.227 e. The Bertz CT molecular complexity index is 399. The van der Waals surface area contributed by atoms with E-state index in [1.165, 1.54) is 12.1 Å². The van der Waals surface area contributed by atoms with Crippen molar-refractivity contribution in [1.82, 2.24) is 5.32 Å². The van der Waals surface area contributed by atoms with Gasteiger partial charge in [-0.15, -0.1) is 0 Å². The third-order valence-corrected chi connectivity index (χ3v) is 3.38. The minimum atomic E-state index is -0.276. The van der Waals surface area contributed by atoms with Gasteiger partial charge in [-0.05, 0) is 56.6 Å². The first-order valence-electron chi connectivity index (χ1n) is 6.47. The van der Waals surface area contributed by atoms with Gasteiger partial charge in [0.05, 0.1) is 0 Å². The quantitative estimate of drug-likeness (QED) is 0.888. The molecule has 0 saturated carbocycles. The van der Waals surface area contributed by atoms with Crippen molar-refractivity contribution in [3.8, 4) is 0 Å². The van der Waals surface area contributed by atoms with Crippen molar-refractivity contribution >= 4 is 11.6 Å². The topological polar surface area (TPSA) is 32.3 Å². The Hall–Kier alpha value is -1.42. The summed E-state index contributed by atoms with van der Waals surface area (Å²) in [7, 11) is 0. The van der Waals surface area contributed by atoms with Crippen molar-refractivity contribution in [3.63, 3.8) is 0 Å². The molecule has 1 aromatic rings. The summed E-state index contributed by atoms with van der Waals surface area (Å²) in [4.78, 5) is 13.9. The first-order chi connectivity index (χ1) is 8.70. The van der Waals surface area contributed by atoms with E-state index in [0.29, 0.717) is 18.9 Å². The SMILES string of the molecule is CCN(C(=O)CC1CCNC1)c1ccc(F)cc1. The first kappa shape index (κ1) is 13.0. The molecule has 4 heteroatoms. The number of hydrogen-bond donors (Lipinski definition) is 1. The number of halogens is 1. The second-order valence-corrected chi connectivity index (χ2v) is 4.68. The summed E-state index contributed by atoms with van der Waals surface area (Å²) in [5, 5.41) is 3.26. The van der Waals surface area contributed by atoms with E-state index in [1.54, 1.807) is 17.0 Å². The monoisotopic (exact) mass is 250 g/mol. The minimum Gasteiger partial charge on any atom is -0.316 e. The van der Waals surface area contributed by atoms with E-state index in [4.69, 9.17) is 0 Å². The van der Waals surface area contributed by atoms with Gasteiger partial charge >= 0.3 is 0 Å². The molecule has 1 heterocycles. The molecular formula is C14H19FN2O. The van der Waals surface area contributed by atoms with Crippen LogP contribution in [-0.2, 0) is 4.79 Å². The van der Waals surface area contributed by atoms with Gasteiger partial charge in [0.25, 0.3) is 0 Å². The molecule has 1 N–H and O–H groups in total. The van der Waals surface area contributed by atoms with Crippen molar-refractivity contribution in [2.75, 3.05) is 24.5 Å². The van der Waals surface area contributed by atoms with E-state index in [0.717, 1.165) is 25.2 Å². The van der Waals surface area contributed by atoms with Crippen LogP contribution in [0.4, 0.5) is 10.1 Å². The highest BCUT2D eigenvalue weighted by Crippen LogP contribution is 2.19. The van der Waals surface area contributed by atoms with Crippen molar-refractivity contribution in [2.24, 2.45) is 5.92 Å². The molecule has 1 fully saturated rings. The lowest BCUT2D eigenvalue weighted by molar-refractivity contribution is -0.119. The second kappa shape index (κ2) is 5.96. The van der Waals surface area contributed by atoms with Crippen LogP contribution in [0, 0.1) is 11.7 Å². The van der Waals surface area contributed by atoms with Gasteiger partial charge in [-0.2, -0.15) is 0 Å². The number of benzene rings is 1. The molecule has 0 aromatic heterocycles. The number of nitrogens with one attached hydrogen (secondary N) is 1. The van der Waals surface area contributed by atoms with Crippen molar-refractivity contribution in [1.29, 1.82) is 0 Å². The van der Waals surface area contributed by atoms with Crippen molar-refractivity contribution < 1.29 is 9.18 Å². The summed E-state index contributed by atoms with van der Waals surface area (Å²) < 4.78 is 12.9. The number of amides is 1. The Kier molecular flexibility index (Phi) is 4.31. The van der Waals surface area contributed by atoms with Crippen LogP contribution in [0.1, 0.15) is 19.8 Å². The molecule has 18 heavy (non-hydrogen) atoms. The van der Waals surface area contributed by atoms with Crippen LogP contribution in [0.15, 0.2) is 24.3 Å². The summed E-state index contributed by atoms with van der Waals surface area (Å²) in [6.07, 6.45) is 1.63. The summed E-state index contributed by atoms with van der Waals surface area (Å²) in [5.41, 5.74) is 0.773. The van der Waals surface area contributed by atoms with Gasteiger partial charge in [-0.25, -0.2) is 4.39 Å². The Morgan fingerprint density at radius 2 is 2.17 bits per heavy atom. The fourth-order valence-electron chi connectivity index (χ4n) is 2.37. The van der Waals surface area contributed by atoms with Gasteiger partial charge in [0.2, 0.25) is 5.91 Å². The second-order valence-electron chi connectivity index (χ2n) is 4.68. The standard InChI is InChI=1S/C14H19FN2O/c1-2-17(13-5-3-12(15)4-6-13)14(18)9-11-7-8-16-10-11/h3-6,11,16H,2,7-10H2,1H3. The molecule has 98 valence electrons. The molecule has 0 spiro atoms. The zero-order valence-electron chi connectivity index (χ0n) is 10.7. The molecule has 1 aliphatic heterocycles. The smallest absolute Gasteiger partial charge is 0.227 e. The van der Waals surface area contributed by atoms with Crippen LogP contribution < -0.4 is 10.2 Å². The Balaban J connectivity index is 2.02. The van der Waals surface area contributed by atoms with E-state index >= 15 is 0 Å². The molecule has 3 nitrogen and oxygen atoms in total.